The molecule has 2 aromatic rings. The first kappa shape index (κ1) is 16.2. The number of aromatic nitrogens is 2. The van der Waals surface area contributed by atoms with Crippen LogP contribution in [0.5, 0.6) is 0 Å². The Morgan fingerprint density at radius 3 is 2.52 bits per heavy atom. The van der Waals surface area contributed by atoms with Gasteiger partial charge in [0.1, 0.15) is 5.82 Å². The third-order valence-corrected chi connectivity index (χ3v) is 4.76. The van der Waals surface area contributed by atoms with Gasteiger partial charge in [-0.25, -0.2) is 9.97 Å². The standard InChI is InChI=1S/C18H23ClN4/c1-12-13(2)22-18(15-3-5-16(19)6-4-15)23-17(12)21-11-14-7-9-20-10-8-14/h3-6,14,20H,7-11H2,1-2H3,(H,21,22,23). The van der Waals surface area contributed by atoms with Gasteiger partial charge in [0.05, 0.1) is 0 Å². The van der Waals surface area contributed by atoms with E-state index < -0.39 is 0 Å². The Balaban J connectivity index is 1.80. The van der Waals surface area contributed by atoms with E-state index in [1.54, 1.807) is 0 Å². The second-order valence-corrected chi connectivity index (χ2v) is 6.62. The van der Waals surface area contributed by atoms with Crippen molar-refractivity contribution in [2.24, 2.45) is 5.92 Å². The molecule has 3 rings (SSSR count). The van der Waals surface area contributed by atoms with E-state index in [9.17, 15) is 0 Å². The van der Waals surface area contributed by atoms with E-state index in [-0.39, 0.29) is 0 Å². The summed E-state index contributed by atoms with van der Waals surface area (Å²) < 4.78 is 0. The summed E-state index contributed by atoms with van der Waals surface area (Å²) in [6.45, 7) is 7.31. The molecule has 0 bridgehead atoms. The van der Waals surface area contributed by atoms with Gasteiger partial charge in [0.15, 0.2) is 5.82 Å². The zero-order valence-corrected chi connectivity index (χ0v) is 14.5. The van der Waals surface area contributed by atoms with Gasteiger partial charge in [0, 0.05) is 28.4 Å². The lowest BCUT2D eigenvalue weighted by Gasteiger charge is -2.23. The van der Waals surface area contributed by atoms with Crippen molar-refractivity contribution in [2.75, 3.05) is 25.0 Å². The van der Waals surface area contributed by atoms with Crippen molar-refractivity contribution in [3.63, 3.8) is 0 Å². The molecule has 1 fully saturated rings. The van der Waals surface area contributed by atoms with E-state index in [1.165, 1.54) is 12.8 Å². The third-order valence-electron chi connectivity index (χ3n) is 4.51. The van der Waals surface area contributed by atoms with E-state index >= 15 is 0 Å². The molecule has 4 nitrogen and oxygen atoms in total. The summed E-state index contributed by atoms with van der Waals surface area (Å²) in [5.74, 6) is 2.41. The lowest BCUT2D eigenvalue weighted by atomic mass is 9.98. The van der Waals surface area contributed by atoms with Crippen LogP contribution in [0.4, 0.5) is 5.82 Å². The summed E-state index contributed by atoms with van der Waals surface area (Å²) in [4.78, 5) is 9.36. The van der Waals surface area contributed by atoms with E-state index in [0.717, 1.165) is 53.1 Å². The Morgan fingerprint density at radius 2 is 1.83 bits per heavy atom. The first-order valence-electron chi connectivity index (χ1n) is 8.19. The number of nitrogens with zero attached hydrogens (tertiary/aromatic N) is 2. The fourth-order valence-corrected chi connectivity index (χ4v) is 2.98. The minimum Gasteiger partial charge on any atom is -0.369 e. The molecule has 0 radical (unpaired) electrons. The van der Waals surface area contributed by atoms with Gasteiger partial charge < -0.3 is 10.6 Å². The lowest BCUT2D eigenvalue weighted by molar-refractivity contribution is 0.389. The van der Waals surface area contributed by atoms with Crippen LogP contribution in [0.3, 0.4) is 0 Å². The molecule has 1 aromatic heterocycles. The highest BCUT2D eigenvalue weighted by molar-refractivity contribution is 6.30. The maximum absolute atomic E-state index is 5.96. The quantitative estimate of drug-likeness (QED) is 0.894. The Hall–Kier alpha value is -1.65. The lowest BCUT2D eigenvalue weighted by Crippen LogP contribution is -2.31. The Labute approximate surface area is 142 Å². The van der Waals surface area contributed by atoms with Crippen molar-refractivity contribution in [2.45, 2.75) is 26.7 Å². The average Bonchev–Trinajstić information content (AvgIpc) is 2.58. The highest BCUT2D eigenvalue weighted by atomic mass is 35.5. The van der Waals surface area contributed by atoms with Crippen LogP contribution in [0.2, 0.25) is 5.02 Å². The van der Waals surface area contributed by atoms with Crippen LogP contribution in [0, 0.1) is 19.8 Å². The van der Waals surface area contributed by atoms with Crippen LogP contribution in [0.15, 0.2) is 24.3 Å². The van der Waals surface area contributed by atoms with Gasteiger partial charge in [-0.05, 0) is 70.0 Å². The molecular formula is C18H23ClN4. The van der Waals surface area contributed by atoms with Crippen molar-refractivity contribution < 1.29 is 0 Å². The van der Waals surface area contributed by atoms with Gasteiger partial charge in [-0.15, -0.1) is 0 Å². The van der Waals surface area contributed by atoms with E-state index in [4.69, 9.17) is 16.6 Å². The maximum Gasteiger partial charge on any atom is 0.161 e. The Morgan fingerprint density at radius 1 is 1.13 bits per heavy atom. The number of halogens is 1. The fraction of sp³-hybridized carbons (Fsp3) is 0.444. The zero-order chi connectivity index (χ0) is 16.2. The summed E-state index contributed by atoms with van der Waals surface area (Å²) in [6, 6.07) is 7.67. The molecular weight excluding hydrogens is 308 g/mol. The van der Waals surface area contributed by atoms with Gasteiger partial charge in [0.2, 0.25) is 0 Å². The van der Waals surface area contributed by atoms with E-state index in [0.29, 0.717) is 5.92 Å². The fourth-order valence-electron chi connectivity index (χ4n) is 2.86. The molecule has 1 aliphatic rings. The Bertz CT molecular complexity index is 663. The molecule has 1 aromatic carbocycles. The van der Waals surface area contributed by atoms with Crippen LogP contribution in [-0.4, -0.2) is 29.6 Å². The summed E-state index contributed by atoms with van der Waals surface area (Å²) in [6.07, 6.45) is 2.44. The number of rotatable bonds is 4. The molecule has 0 saturated carbocycles. The number of benzene rings is 1. The number of anilines is 1. The van der Waals surface area contributed by atoms with Gasteiger partial charge in [0.25, 0.3) is 0 Å². The van der Waals surface area contributed by atoms with Crippen molar-refractivity contribution in [1.29, 1.82) is 0 Å². The molecule has 0 aliphatic carbocycles. The van der Waals surface area contributed by atoms with Crippen LogP contribution in [0.25, 0.3) is 11.4 Å². The number of aryl methyl sites for hydroxylation is 1. The number of hydrogen-bond donors (Lipinski definition) is 2. The molecule has 1 aliphatic heterocycles. The number of hydrogen-bond acceptors (Lipinski definition) is 4. The average molecular weight is 331 g/mol. The maximum atomic E-state index is 5.96. The predicted molar refractivity (Wildman–Crippen MR) is 96.0 cm³/mol. The second-order valence-electron chi connectivity index (χ2n) is 6.19. The van der Waals surface area contributed by atoms with E-state index in [2.05, 4.69) is 22.5 Å². The molecule has 2 heterocycles. The molecule has 0 atom stereocenters. The molecule has 0 amide bonds. The van der Waals surface area contributed by atoms with Crippen LogP contribution < -0.4 is 10.6 Å². The van der Waals surface area contributed by atoms with Crippen LogP contribution in [0.1, 0.15) is 24.1 Å². The monoisotopic (exact) mass is 330 g/mol. The zero-order valence-electron chi connectivity index (χ0n) is 13.7. The minimum absolute atomic E-state index is 0.713. The predicted octanol–water partition coefficient (Wildman–Crippen LogP) is 3.83. The first-order valence-corrected chi connectivity index (χ1v) is 8.57. The molecule has 1 saturated heterocycles. The smallest absolute Gasteiger partial charge is 0.161 e. The van der Waals surface area contributed by atoms with Crippen LogP contribution in [-0.2, 0) is 0 Å². The molecule has 5 heteroatoms. The second kappa shape index (κ2) is 7.28. The summed E-state index contributed by atoms with van der Waals surface area (Å²) in [5.41, 5.74) is 3.12. The van der Waals surface area contributed by atoms with Gasteiger partial charge in [-0.2, -0.15) is 0 Å². The first-order chi connectivity index (χ1) is 11.1. The molecule has 122 valence electrons. The molecule has 23 heavy (non-hydrogen) atoms. The van der Waals surface area contributed by atoms with Crippen molar-refractivity contribution >= 4 is 17.4 Å². The molecule has 0 spiro atoms. The minimum atomic E-state index is 0.713. The van der Waals surface area contributed by atoms with Crippen molar-refractivity contribution in [3.8, 4) is 11.4 Å². The third kappa shape index (κ3) is 4.01. The summed E-state index contributed by atoms with van der Waals surface area (Å²) >= 11 is 5.96. The van der Waals surface area contributed by atoms with Crippen LogP contribution >= 0.6 is 11.6 Å². The highest BCUT2D eigenvalue weighted by Crippen LogP contribution is 2.23. The summed E-state index contributed by atoms with van der Waals surface area (Å²) in [7, 11) is 0. The van der Waals surface area contributed by atoms with Gasteiger partial charge in [-0.1, -0.05) is 11.6 Å². The van der Waals surface area contributed by atoms with Gasteiger partial charge >= 0.3 is 0 Å². The van der Waals surface area contributed by atoms with E-state index in [1.807, 2.05) is 31.2 Å². The molecule has 2 N–H and O–H groups in total. The summed E-state index contributed by atoms with van der Waals surface area (Å²) in [5, 5.41) is 7.67. The van der Waals surface area contributed by atoms with Crippen molar-refractivity contribution in [3.05, 3.63) is 40.5 Å². The number of nitrogens with one attached hydrogen (secondary N) is 2. The van der Waals surface area contributed by atoms with Gasteiger partial charge in [-0.3, -0.25) is 0 Å². The highest BCUT2D eigenvalue weighted by Gasteiger charge is 2.15. The normalized spacial score (nSPS) is 15.6. The SMILES string of the molecule is Cc1nc(-c2ccc(Cl)cc2)nc(NCC2CCNCC2)c1C. The number of piperidine rings is 1. The Kier molecular flexibility index (Phi) is 5.13. The van der Waals surface area contributed by atoms with Crippen molar-refractivity contribution in [1.82, 2.24) is 15.3 Å². The largest absolute Gasteiger partial charge is 0.369 e. The topological polar surface area (TPSA) is 49.8 Å². The molecule has 0 unspecified atom stereocenters.